The molecule has 132 valence electrons. The first-order valence-electron chi connectivity index (χ1n) is 8.54. The Morgan fingerprint density at radius 3 is 1.85 bits per heavy atom. The smallest absolute Gasteiger partial charge is 0.248 e. The van der Waals surface area contributed by atoms with E-state index < -0.39 is 10.7 Å². The lowest BCUT2D eigenvalue weighted by Crippen LogP contribution is -2.28. The summed E-state index contributed by atoms with van der Waals surface area (Å²) in [6.45, 7) is 0.571. The topological polar surface area (TPSA) is 69.1 Å². The van der Waals surface area contributed by atoms with Gasteiger partial charge in [0.25, 0.3) is 0 Å². The largest absolute Gasteiger partial charge is 0.366 e. The van der Waals surface area contributed by atoms with Crippen LogP contribution in [0.25, 0.3) is 0 Å². The molecule has 0 unspecified atom stereocenters. The summed E-state index contributed by atoms with van der Waals surface area (Å²) in [4.78, 5) is 11.8. The molecule has 0 bridgehead atoms. The van der Waals surface area contributed by atoms with Gasteiger partial charge in [0.1, 0.15) is 0 Å². The summed E-state index contributed by atoms with van der Waals surface area (Å²) in [7, 11) is 0. The van der Waals surface area contributed by atoms with Crippen molar-refractivity contribution in [2.24, 2.45) is 11.5 Å². The standard InChI is InChI=1S/C22H22N2OS/c23-14-15-26-22(18-9-3-1-4-10-18,19-11-5-2-6-12-19)20-13-7-8-17(16-20)21(24)25/h1-13,16H,14-15,23H2,(H2,24,25). The molecule has 0 aliphatic rings. The van der Waals surface area contributed by atoms with Gasteiger partial charge in [-0.15, -0.1) is 11.8 Å². The second-order valence-electron chi connectivity index (χ2n) is 6.00. The lowest BCUT2D eigenvalue weighted by molar-refractivity contribution is 0.1000. The summed E-state index contributed by atoms with van der Waals surface area (Å²) in [5.74, 6) is 0.357. The summed E-state index contributed by atoms with van der Waals surface area (Å²) in [6.07, 6.45) is 0. The van der Waals surface area contributed by atoms with Crippen LogP contribution in [0.2, 0.25) is 0 Å². The maximum absolute atomic E-state index is 11.8. The number of benzene rings is 3. The normalized spacial score (nSPS) is 11.3. The summed E-state index contributed by atoms with van der Waals surface area (Å²) in [6, 6.07) is 28.2. The Morgan fingerprint density at radius 1 is 0.808 bits per heavy atom. The van der Waals surface area contributed by atoms with Gasteiger partial charge in [-0.2, -0.15) is 0 Å². The van der Waals surface area contributed by atoms with Gasteiger partial charge in [0.2, 0.25) is 5.91 Å². The van der Waals surface area contributed by atoms with Crippen LogP contribution in [0.4, 0.5) is 0 Å². The summed E-state index contributed by atoms with van der Waals surface area (Å²) in [5.41, 5.74) is 15.2. The molecule has 4 heteroatoms. The van der Waals surface area contributed by atoms with E-state index in [1.807, 2.05) is 48.5 Å². The predicted octanol–water partition coefficient (Wildman–Crippen LogP) is 3.77. The minimum atomic E-state index is -0.465. The zero-order valence-electron chi connectivity index (χ0n) is 14.5. The van der Waals surface area contributed by atoms with E-state index in [1.54, 1.807) is 17.8 Å². The van der Waals surface area contributed by atoms with Crippen LogP contribution in [0.1, 0.15) is 27.0 Å². The molecule has 3 aromatic carbocycles. The van der Waals surface area contributed by atoms with Crippen molar-refractivity contribution < 1.29 is 4.79 Å². The van der Waals surface area contributed by atoms with Gasteiger partial charge < -0.3 is 11.5 Å². The number of carbonyl (C=O) groups excluding carboxylic acids is 1. The first-order valence-corrected chi connectivity index (χ1v) is 9.52. The van der Waals surface area contributed by atoms with Crippen molar-refractivity contribution in [1.82, 2.24) is 0 Å². The fraction of sp³-hybridized carbons (Fsp3) is 0.136. The van der Waals surface area contributed by atoms with Crippen LogP contribution in [0.5, 0.6) is 0 Å². The molecule has 3 rings (SSSR count). The highest BCUT2D eigenvalue weighted by molar-refractivity contribution is 8.00. The van der Waals surface area contributed by atoms with Gasteiger partial charge >= 0.3 is 0 Å². The minimum Gasteiger partial charge on any atom is -0.366 e. The molecule has 1 amide bonds. The van der Waals surface area contributed by atoms with E-state index >= 15 is 0 Å². The van der Waals surface area contributed by atoms with Crippen molar-refractivity contribution in [3.05, 3.63) is 107 Å². The van der Waals surface area contributed by atoms with Gasteiger partial charge in [0.05, 0.1) is 4.75 Å². The third-order valence-corrected chi connectivity index (χ3v) is 5.93. The van der Waals surface area contributed by atoms with Gasteiger partial charge in [-0.25, -0.2) is 0 Å². The van der Waals surface area contributed by atoms with E-state index in [4.69, 9.17) is 11.5 Å². The fourth-order valence-corrected chi connectivity index (χ4v) is 4.52. The van der Waals surface area contributed by atoms with Gasteiger partial charge in [-0.05, 0) is 28.8 Å². The Kier molecular flexibility index (Phi) is 5.76. The summed E-state index contributed by atoms with van der Waals surface area (Å²) < 4.78 is -0.465. The molecule has 0 aliphatic carbocycles. The van der Waals surface area contributed by atoms with Gasteiger partial charge in [0, 0.05) is 17.9 Å². The van der Waals surface area contributed by atoms with E-state index in [1.165, 1.54) is 0 Å². The van der Waals surface area contributed by atoms with Gasteiger partial charge in [-0.3, -0.25) is 4.79 Å². The third-order valence-electron chi connectivity index (χ3n) is 4.35. The molecule has 4 N–H and O–H groups in total. The van der Waals surface area contributed by atoms with E-state index in [-0.39, 0.29) is 0 Å². The fourth-order valence-electron chi connectivity index (χ4n) is 3.20. The Labute approximate surface area is 158 Å². The molecule has 0 fully saturated rings. The van der Waals surface area contributed by atoms with Crippen molar-refractivity contribution in [1.29, 1.82) is 0 Å². The van der Waals surface area contributed by atoms with Crippen molar-refractivity contribution in [2.75, 3.05) is 12.3 Å². The highest BCUT2D eigenvalue weighted by Crippen LogP contribution is 2.48. The molecule has 0 heterocycles. The molecule has 0 aromatic heterocycles. The van der Waals surface area contributed by atoms with Crippen LogP contribution in [-0.2, 0) is 4.75 Å². The van der Waals surface area contributed by atoms with Gasteiger partial charge in [-0.1, -0.05) is 72.8 Å². The first kappa shape index (κ1) is 18.2. The molecule has 0 radical (unpaired) electrons. The van der Waals surface area contributed by atoms with E-state index in [0.717, 1.165) is 22.4 Å². The SMILES string of the molecule is NCCSC(c1ccccc1)(c1ccccc1)c1cccc(C(N)=O)c1. The summed E-state index contributed by atoms with van der Waals surface area (Å²) >= 11 is 1.77. The second-order valence-corrected chi connectivity index (χ2v) is 7.30. The zero-order chi connectivity index (χ0) is 18.4. The van der Waals surface area contributed by atoms with Crippen LogP contribution < -0.4 is 11.5 Å². The van der Waals surface area contributed by atoms with E-state index in [9.17, 15) is 4.79 Å². The molecular formula is C22H22N2OS. The average molecular weight is 362 g/mol. The average Bonchev–Trinajstić information content (AvgIpc) is 2.70. The predicted molar refractivity (Wildman–Crippen MR) is 109 cm³/mol. The maximum Gasteiger partial charge on any atom is 0.248 e. The molecular weight excluding hydrogens is 340 g/mol. The van der Waals surface area contributed by atoms with Crippen LogP contribution in [0, 0.1) is 0 Å². The van der Waals surface area contributed by atoms with Crippen LogP contribution >= 0.6 is 11.8 Å². The number of primary amides is 1. The molecule has 3 aromatic rings. The van der Waals surface area contributed by atoms with Crippen LogP contribution in [-0.4, -0.2) is 18.2 Å². The monoisotopic (exact) mass is 362 g/mol. The molecule has 3 nitrogen and oxygen atoms in total. The molecule has 0 saturated heterocycles. The molecule has 0 aliphatic heterocycles. The second kappa shape index (κ2) is 8.21. The van der Waals surface area contributed by atoms with Crippen LogP contribution in [0.3, 0.4) is 0 Å². The van der Waals surface area contributed by atoms with Crippen molar-refractivity contribution in [3.8, 4) is 0 Å². The van der Waals surface area contributed by atoms with E-state index in [0.29, 0.717) is 12.1 Å². The van der Waals surface area contributed by atoms with Gasteiger partial charge in [0.15, 0.2) is 0 Å². The molecule has 0 spiro atoms. The molecule has 26 heavy (non-hydrogen) atoms. The number of hydrogen-bond donors (Lipinski definition) is 2. The maximum atomic E-state index is 11.8. The zero-order valence-corrected chi connectivity index (χ0v) is 15.3. The van der Waals surface area contributed by atoms with Crippen molar-refractivity contribution in [3.63, 3.8) is 0 Å². The molecule has 0 atom stereocenters. The Balaban J connectivity index is 2.30. The quantitative estimate of drug-likeness (QED) is 0.629. The highest BCUT2D eigenvalue weighted by Gasteiger charge is 2.36. The van der Waals surface area contributed by atoms with Crippen LogP contribution in [0.15, 0.2) is 84.9 Å². The Bertz CT molecular complexity index is 826. The molecule has 0 saturated carbocycles. The Morgan fingerprint density at radius 2 is 1.35 bits per heavy atom. The Hall–Kier alpha value is -2.56. The number of hydrogen-bond acceptors (Lipinski definition) is 3. The lowest BCUT2D eigenvalue weighted by Gasteiger charge is -2.35. The number of carbonyl (C=O) groups is 1. The lowest BCUT2D eigenvalue weighted by atomic mass is 9.83. The number of amides is 1. The third kappa shape index (κ3) is 3.52. The number of thioether (sulfide) groups is 1. The number of nitrogens with two attached hydrogens (primary N) is 2. The van der Waals surface area contributed by atoms with E-state index in [2.05, 4.69) is 30.3 Å². The van der Waals surface area contributed by atoms with Crippen molar-refractivity contribution >= 4 is 17.7 Å². The van der Waals surface area contributed by atoms with Crippen molar-refractivity contribution in [2.45, 2.75) is 4.75 Å². The highest BCUT2D eigenvalue weighted by atomic mass is 32.2. The minimum absolute atomic E-state index is 0.425. The first-order chi connectivity index (χ1) is 12.7. The summed E-state index contributed by atoms with van der Waals surface area (Å²) in [5, 5.41) is 0. The number of rotatable bonds is 7.